The highest BCUT2D eigenvalue weighted by molar-refractivity contribution is 5.78. The van der Waals surface area contributed by atoms with Crippen molar-refractivity contribution in [3.63, 3.8) is 0 Å². The zero-order chi connectivity index (χ0) is 13.4. The number of carbonyl (C=O) groups excluding carboxylic acids is 1. The first-order chi connectivity index (χ1) is 7.82. The van der Waals surface area contributed by atoms with Gasteiger partial charge in [-0.3, -0.25) is 9.59 Å². The van der Waals surface area contributed by atoms with E-state index in [4.69, 9.17) is 14.9 Å². The number of carboxylic acid groups (broad SMARTS) is 2. The number of ether oxygens (including phenoxy) is 1. The lowest BCUT2D eigenvalue weighted by Gasteiger charge is -2.12. The van der Waals surface area contributed by atoms with Crippen molar-refractivity contribution in [1.82, 2.24) is 5.32 Å². The van der Waals surface area contributed by atoms with E-state index < -0.39 is 30.4 Å². The molecule has 0 rings (SSSR count). The van der Waals surface area contributed by atoms with Gasteiger partial charge in [-0.1, -0.05) is 13.8 Å². The Kier molecular flexibility index (Phi) is 6.69. The average Bonchev–Trinajstić information content (AvgIpc) is 2.20. The third-order valence-corrected chi connectivity index (χ3v) is 1.81. The SMILES string of the molecule is CC(C)COC(=O)NCC(CC(=O)O)C(=O)O. The van der Waals surface area contributed by atoms with E-state index in [0.717, 1.165) is 0 Å². The average molecular weight is 247 g/mol. The first kappa shape index (κ1) is 15.2. The predicted octanol–water partition coefficient (Wildman–Crippen LogP) is 0.544. The van der Waals surface area contributed by atoms with E-state index in [9.17, 15) is 14.4 Å². The van der Waals surface area contributed by atoms with Gasteiger partial charge in [0.1, 0.15) is 0 Å². The molecule has 1 unspecified atom stereocenters. The number of hydrogen-bond donors (Lipinski definition) is 3. The lowest BCUT2D eigenvalue weighted by atomic mass is 10.1. The molecule has 0 saturated carbocycles. The minimum atomic E-state index is -1.27. The fourth-order valence-corrected chi connectivity index (χ4v) is 0.957. The molecule has 7 heteroatoms. The van der Waals surface area contributed by atoms with Crippen LogP contribution in [0, 0.1) is 11.8 Å². The zero-order valence-corrected chi connectivity index (χ0v) is 9.80. The molecule has 0 fully saturated rings. The number of aliphatic carboxylic acids is 2. The van der Waals surface area contributed by atoms with Crippen molar-refractivity contribution in [1.29, 1.82) is 0 Å². The number of amides is 1. The monoisotopic (exact) mass is 247 g/mol. The predicted molar refractivity (Wildman–Crippen MR) is 57.6 cm³/mol. The summed E-state index contributed by atoms with van der Waals surface area (Å²) >= 11 is 0. The van der Waals surface area contributed by atoms with Crippen LogP contribution in [-0.2, 0) is 14.3 Å². The maximum Gasteiger partial charge on any atom is 0.407 e. The molecular formula is C10H17NO6. The Morgan fingerprint density at radius 1 is 1.24 bits per heavy atom. The van der Waals surface area contributed by atoms with Crippen LogP contribution < -0.4 is 5.32 Å². The lowest BCUT2D eigenvalue weighted by molar-refractivity contribution is -0.148. The molecule has 3 N–H and O–H groups in total. The normalized spacial score (nSPS) is 11.9. The molecule has 17 heavy (non-hydrogen) atoms. The van der Waals surface area contributed by atoms with Crippen LogP contribution in [0.15, 0.2) is 0 Å². The van der Waals surface area contributed by atoms with Gasteiger partial charge in [0.05, 0.1) is 18.9 Å². The molecule has 0 aromatic rings. The van der Waals surface area contributed by atoms with E-state index in [1.165, 1.54) is 0 Å². The molecule has 0 aromatic carbocycles. The van der Waals surface area contributed by atoms with Crippen molar-refractivity contribution in [2.45, 2.75) is 20.3 Å². The molecule has 1 atom stereocenters. The fraction of sp³-hybridized carbons (Fsp3) is 0.700. The van der Waals surface area contributed by atoms with E-state index in [1.807, 2.05) is 13.8 Å². The molecule has 0 aliphatic carbocycles. The van der Waals surface area contributed by atoms with Crippen LogP contribution in [0.2, 0.25) is 0 Å². The number of carbonyl (C=O) groups is 3. The molecular weight excluding hydrogens is 230 g/mol. The summed E-state index contributed by atoms with van der Waals surface area (Å²) in [6.45, 7) is 3.68. The van der Waals surface area contributed by atoms with Gasteiger partial charge in [-0.2, -0.15) is 0 Å². The second kappa shape index (κ2) is 7.48. The molecule has 1 amide bonds. The van der Waals surface area contributed by atoms with E-state index >= 15 is 0 Å². The molecule has 98 valence electrons. The second-order valence-electron chi connectivity index (χ2n) is 4.01. The Labute approximate surface area is 98.8 Å². The van der Waals surface area contributed by atoms with Gasteiger partial charge in [-0.15, -0.1) is 0 Å². The quantitative estimate of drug-likeness (QED) is 0.605. The smallest absolute Gasteiger partial charge is 0.407 e. The van der Waals surface area contributed by atoms with E-state index in [1.54, 1.807) is 0 Å². The molecule has 0 aliphatic heterocycles. The van der Waals surface area contributed by atoms with Crippen LogP contribution in [0.3, 0.4) is 0 Å². The number of rotatable bonds is 7. The van der Waals surface area contributed by atoms with Crippen molar-refractivity contribution in [3.05, 3.63) is 0 Å². The second-order valence-corrected chi connectivity index (χ2v) is 4.01. The number of nitrogens with one attached hydrogen (secondary N) is 1. The Morgan fingerprint density at radius 2 is 1.82 bits per heavy atom. The van der Waals surface area contributed by atoms with Crippen LogP contribution in [0.25, 0.3) is 0 Å². The summed E-state index contributed by atoms with van der Waals surface area (Å²) in [5.74, 6) is -3.47. The maximum atomic E-state index is 11.1. The Bertz CT molecular complexity index is 289. The van der Waals surface area contributed by atoms with Crippen LogP contribution in [0.1, 0.15) is 20.3 Å². The molecule has 0 radical (unpaired) electrons. The van der Waals surface area contributed by atoms with Gasteiger partial charge in [0.2, 0.25) is 0 Å². The van der Waals surface area contributed by atoms with Gasteiger partial charge in [0.15, 0.2) is 0 Å². The maximum absolute atomic E-state index is 11.1. The van der Waals surface area contributed by atoms with Crippen LogP contribution in [-0.4, -0.2) is 41.4 Å². The number of hydrogen-bond acceptors (Lipinski definition) is 4. The van der Waals surface area contributed by atoms with Crippen LogP contribution in [0.5, 0.6) is 0 Å². The first-order valence-corrected chi connectivity index (χ1v) is 5.18. The molecule has 0 saturated heterocycles. The summed E-state index contributed by atoms with van der Waals surface area (Å²) in [4.78, 5) is 32.1. The zero-order valence-electron chi connectivity index (χ0n) is 9.80. The van der Waals surface area contributed by atoms with E-state index in [0.29, 0.717) is 0 Å². The highest BCUT2D eigenvalue weighted by atomic mass is 16.5. The van der Waals surface area contributed by atoms with Crippen molar-refractivity contribution in [3.8, 4) is 0 Å². The third kappa shape index (κ3) is 8.06. The van der Waals surface area contributed by atoms with Gasteiger partial charge in [0.25, 0.3) is 0 Å². The van der Waals surface area contributed by atoms with Crippen molar-refractivity contribution in [2.75, 3.05) is 13.2 Å². The highest BCUT2D eigenvalue weighted by Gasteiger charge is 2.21. The summed E-state index contributed by atoms with van der Waals surface area (Å²) in [5, 5.41) is 19.4. The van der Waals surface area contributed by atoms with Gasteiger partial charge >= 0.3 is 18.0 Å². The van der Waals surface area contributed by atoms with E-state index in [2.05, 4.69) is 5.32 Å². The first-order valence-electron chi connectivity index (χ1n) is 5.18. The lowest BCUT2D eigenvalue weighted by Crippen LogP contribution is -2.35. The summed E-state index contributed by atoms with van der Waals surface area (Å²) in [6.07, 6.45) is -1.28. The summed E-state index contributed by atoms with van der Waals surface area (Å²) < 4.78 is 4.75. The third-order valence-electron chi connectivity index (χ3n) is 1.81. The van der Waals surface area contributed by atoms with Gasteiger partial charge in [0, 0.05) is 6.54 Å². The molecule has 0 heterocycles. The van der Waals surface area contributed by atoms with Gasteiger partial charge < -0.3 is 20.3 Å². The molecule has 0 bridgehead atoms. The number of carboxylic acids is 2. The van der Waals surface area contributed by atoms with Crippen molar-refractivity contribution >= 4 is 18.0 Å². The summed E-state index contributed by atoms with van der Waals surface area (Å²) in [6, 6.07) is 0. The van der Waals surface area contributed by atoms with Gasteiger partial charge in [-0.25, -0.2) is 4.79 Å². The van der Waals surface area contributed by atoms with Crippen molar-refractivity contribution in [2.24, 2.45) is 11.8 Å². The van der Waals surface area contributed by atoms with E-state index in [-0.39, 0.29) is 19.1 Å². The van der Waals surface area contributed by atoms with Crippen molar-refractivity contribution < 1.29 is 29.3 Å². The fourth-order valence-electron chi connectivity index (χ4n) is 0.957. The highest BCUT2D eigenvalue weighted by Crippen LogP contribution is 2.02. The number of alkyl carbamates (subject to hydrolysis) is 1. The topological polar surface area (TPSA) is 113 Å². The Hall–Kier alpha value is -1.79. The Morgan fingerprint density at radius 3 is 2.24 bits per heavy atom. The molecule has 0 spiro atoms. The van der Waals surface area contributed by atoms with Crippen LogP contribution >= 0.6 is 0 Å². The molecule has 0 aliphatic rings. The largest absolute Gasteiger partial charge is 0.481 e. The Balaban J connectivity index is 4.00. The minimum Gasteiger partial charge on any atom is -0.481 e. The summed E-state index contributed by atoms with van der Waals surface area (Å²) in [7, 11) is 0. The van der Waals surface area contributed by atoms with Gasteiger partial charge in [-0.05, 0) is 5.92 Å². The molecule has 0 aromatic heterocycles. The van der Waals surface area contributed by atoms with Crippen LogP contribution in [0.4, 0.5) is 4.79 Å². The standard InChI is InChI=1S/C10H17NO6/c1-6(2)5-17-10(16)11-4-7(9(14)15)3-8(12)13/h6-7H,3-5H2,1-2H3,(H,11,16)(H,12,13)(H,14,15). The summed E-state index contributed by atoms with van der Waals surface area (Å²) in [5.41, 5.74) is 0. The minimum absolute atomic E-state index is 0.176. The molecule has 7 nitrogen and oxygen atoms in total.